The molecule has 1 heterocycles. The van der Waals surface area contributed by atoms with E-state index in [1.807, 2.05) is 6.92 Å². The molecular formula is C13H16N4O4. The van der Waals surface area contributed by atoms with Gasteiger partial charge in [0.25, 0.3) is 0 Å². The van der Waals surface area contributed by atoms with Crippen LogP contribution in [0, 0.1) is 21.4 Å². The van der Waals surface area contributed by atoms with Crippen molar-refractivity contribution in [1.29, 1.82) is 5.26 Å². The molecular weight excluding hydrogens is 276 g/mol. The monoisotopic (exact) mass is 292 g/mol. The first-order valence-electron chi connectivity index (χ1n) is 6.30. The molecule has 8 nitrogen and oxygen atoms in total. The number of hydrogen-bond acceptors (Lipinski definition) is 7. The van der Waals surface area contributed by atoms with Crippen LogP contribution in [-0.4, -0.2) is 28.5 Å². The van der Waals surface area contributed by atoms with E-state index in [4.69, 9.17) is 10.00 Å². The summed E-state index contributed by atoms with van der Waals surface area (Å²) in [6, 6.07) is 4.20. The number of methoxy groups -OCH3 is 1. The highest BCUT2D eigenvalue weighted by atomic mass is 16.6. The standard InChI is InChI=1S/C13H16N4O4/c1-4-7-13(2,12(18)21-3)16-11-6-5-10(17(19)20)9(8-14)15-11/h5-6H,4,7H2,1-3H3,(H,15,16). The Morgan fingerprint density at radius 3 is 2.76 bits per heavy atom. The molecule has 1 N–H and O–H groups in total. The van der Waals surface area contributed by atoms with Gasteiger partial charge in [-0.1, -0.05) is 13.3 Å². The Kier molecular flexibility index (Phi) is 5.18. The highest BCUT2D eigenvalue weighted by molar-refractivity contribution is 5.83. The Hall–Kier alpha value is -2.69. The van der Waals surface area contributed by atoms with Crippen molar-refractivity contribution in [1.82, 2.24) is 4.98 Å². The van der Waals surface area contributed by atoms with Crippen LogP contribution in [0.15, 0.2) is 12.1 Å². The van der Waals surface area contributed by atoms with Gasteiger partial charge in [0.1, 0.15) is 17.4 Å². The van der Waals surface area contributed by atoms with Crippen LogP contribution in [0.3, 0.4) is 0 Å². The zero-order valence-electron chi connectivity index (χ0n) is 12.0. The lowest BCUT2D eigenvalue weighted by molar-refractivity contribution is -0.385. The van der Waals surface area contributed by atoms with Crippen molar-refractivity contribution >= 4 is 17.5 Å². The second-order valence-electron chi connectivity index (χ2n) is 4.63. The van der Waals surface area contributed by atoms with Gasteiger partial charge in [-0.15, -0.1) is 0 Å². The van der Waals surface area contributed by atoms with E-state index in [0.717, 1.165) is 6.42 Å². The minimum atomic E-state index is -1.01. The van der Waals surface area contributed by atoms with Crippen molar-refractivity contribution in [2.45, 2.75) is 32.2 Å². The number of nitrogens with one attached hydrogen (secondary N) is 1. The fourth-order valence-electron chi connectivity index (χ4n) is 1.97. The number of nitro groups is 1. The summed E-state index contributed by atoms with van der Waals surface area (Å²) in [7, 11) is 1.28. The first-order chi connectivity index (χ1) is 9.87. The average Bonchev–Trinajstić information content (AvgIpc) is 2.46. The van der Waals surface area contributed by atoms with Crippen molar-refractivity contribution in [3.05, 3.63) is 27.9 Å². The minimum Gasteiger partial charge on any atom is -0.467 e. The number of pyridine rings is 1. The molecule has 1 unspecified atom stereocenters. The summed E-state index contributed by atoms with van der Waals surface area (Å²) in [6.07, 6.45) is 1.21. The van der Waals surface area contributed by atoms with Gasteiger partial charge in [0.05, 0.1) is 12.0 Å². The largest absolute Gasteiger partial charge is 0.467 e. The Morgan fingerprint density at radius 1 is 1.62 bits per heavy atom. The normalized spacial score (nSPS) is 12.9. The van der Waals surface area contributed by atoms with E-state index in [2.05, 4.69) is 10.3 Å². The number of nitriles is 1. The number of rotatable bonds is 6. The maximum atomic E-state index is 11.9. The third-order valence-corrected chi connectivity index (χ3v) is 2.97. The van der Waals surface area contributed by atoms with Crippen molar-refractivity contribution in [2.24, 2.45) is 0 Å². The summed E-state index contributed by atoms with van der Waals surface area (Å²) >= 11 is 0. The Balaban J connectivity index is 3.14. The summed E-state index contributed by atoms with van der Waals surface area (Å²) in [5.74, 6) is -0.262. The molecule has 0 fully saturated rings. The highest BCUT2D eigenvalue weighted by Gasteiger charge is 2.34. The molecule has 0 bridgehead atoms. The third kappa shape index (κ3) is 3.66. The Bertz CT molecular complexity index is 596. The molecule has 0 aliphatic carbocycles. The number of ether oxygens (including phenoxy) is 1. The average molecular weight is 292 g/mol. The fraction of sp³-hybridized carbons (Fsp3) is 0.462. The van der Waals surface area contributed by atoms with E-state index in [-0.39, 0.29) is 17.2 Å². The van der Waals surface area contributed by atoms with E-state index in [9.17, 15) is 14.9 Å². The zero-order valence-corrected chi connectivity index (χ0v) is 12.0. The zero-order chi connectivity index (χ0) is 16.0. The highest BCUT2D eigenvalue weighted by Crippen LogP contribution is 2.23. The number of anilines is 1. The molecule has 1 atom stereocenters. The van der Waals surface area contributed by atoms with Crippen LogP contribution in [0.2, 0.25) is 0 Å². The van der Waals surface area contributed by atoms with Gasteiger partial charge in [0.2, 0.25) is 5.69 Å². The van der Waals surface area contributed by atoms with Crippen LogP contribution in [0.1, 0.15) is 32.4 Å². The SMILES string of the molecule is CCCC(C)(Nc1ccc([N+](=O)[O-])c(C#N)n1)C(=O)OC. The van der Waals surface area contributed by atoms with Crippen LogP contribution < -0.4 is 5.32 Å². The van der Waals surface area contributed by atoms with E-state index < -0.39 is 16.4 Å². The van der Waals surface area contributed by atoms with Crippen LogP contribution in [0.5, 0.6) is 0 Å². The Labute approximate surface area is 121 Å². The molecule has 1 aromatic rings. The van der Waals surface area contributed by atoms with E-state index >= 15 is 0 Å². The molecule has 0 saturated carbocycles. The number of nitrogens with zero attached hydrogens (tertiary/aromatic N) is 3. The molecule has 1 rings (SSSR count). The molecule has 8 heteroatoms. The van der Waals surface area contributed by atoms with E-state index in [1.165, 1.54) is 19.2 Å². The van der Waals surface area contributed by atoms with Crippen LogP contribution in [0.25, 0.3) is 0 Å². The van der Waals surface area contributed by atoms with Gasteiger partial charge in [-0.25, -0.2) is 9.78 Å². The van der Waals surface area contributed by atoms with Crippen molar-refractivity contribution in [3.8, 4) is 6.07 Å². The third-order valence-electron chi connectivity index (χ3n) is 2.97. The van der Waals surface area contributed by atoms with E-state index in [1.54, 1.807) is 13.0 Å². The molecule has 0 aromatic carbocycles. The molecule has 0 spiro atoms. The second-order valence-corrected chi connectivity index (χ2v) is 4.63. The number of esters is 1. The molecule has 1 aromatic heterocycles. The number of carbonyl (C=O) groups is 1. The van der Waals surface area contributed by atoms with Crippen molar-refractivity contribution in [3.63, 3.8) is 0 Å². The summed E-state index contributed by atoms with van der Waals surface area (Å²) in [6.45, 7) is 3.56. The first-order valence-corrected chi connectivity index (χ1v) is 6.30. The van der Waals surface area contributed by atoms with Crippen LogP contribution >= 0.6 is 0 Å². The van der Waals surface area contributed by atoms with Crippen molar-refractivity contribution in [2.75, 3.05) is 12.4 Å². The van der Waals surface area contributed by atoms with Crippen LogP contribution in [-0.2, 0) is 9.53 Å². The summed E-state index contributed by atoms with van der Waals surface area (Å²) in [5.41, 5.74) is -1.70. The minimum absolute atomic E-state index is 0.207. The van der Waals surface area contributed by atoms with Gasteiger partial charge in [-0.05, 0) is 19.4 Å². The van der Waals surface area contributed by atoms with Gasteiger partial charge in [-0.2, -0.15) is 5.26 Å². The van der Waals surface area contributed by atoms with E-state index in [0.29, 0.717) is 6.42 Å². The van der Waals surface area contributed by atoms with Crippen LogP contribution in [0.4, 0.5) is 11.5 Å². The second kappa shape index (κ2) is 6.65. The molecule has 0 amide bonds. The smallest absolute Gasteiger partial charge is 0.331 e. The molecule has 21 heavy (non-hydrogen) atoms. The lowest BCUT2D eigenvalue weighted by Crippen LogP contribution is -2.44. The quantitative estimate of drug-likeness (QED) is 0.484. The number of hydrogen-bond donors (Lipinski definition) is 1. The predicted octanol–water partition coefficient (Wildman–Crippen LogP) is 2.01. The fourth-order valence-corrected chi connectivity index (χ4v) is 1.97. The van der Waals surface area contributed by atoms with Crippen molar-refractivity contribution < 1.29 is 14.5 Å². The lowest BCUT2D eigenvalue weighted by atomic mass is 9.96. The maximum Gasteiger partial charge on any atom is 0.331 e. The lowest BCUT2D eigenvalue weighted by Gasteiger charge is -2.28. The van der Waals surface area contributed by atoms with Gasteiger partial charge in [0.15, 0.2) is 0 Å². The van der Waals surface area contributed by atoms with Gasteiger partial charge >= 0.3 is 11.7 Å². The summed E-state index contributed by atoms with van der Waals surface area (Å²) in [4.78, 5) is 25.8. The molecule has 0 aliphatic rings. The van der Waals surface area contributed by atoms with Gasteiger partial charge in [0, 0.05) is 6.07 Å². The summed E-state index contributed by atoms with van der Waals surface area (Å²) in [5, 5.41) is 22.6. The number of aromatic nitrogens is 1. The Morgan fingerprint density at radius 2 is 2.29 bits per heavy atom. The predicted molar refractivity (Wildman–Crippen MR) is 74.6 cm³/mol. The number of carbonyl (C=O) groups excluding carboxylic acids is 1. The maximum absolute atomic E-state index is 11.9. The van der Waals surface area contributed by atoms with Gasteiger partial charge in [-0.3, -0.25) is 10.1 Å². The van der Waals surface area contributed by atoms with Gasteiger partial charge < -0.3 is 10.1 Å². The molecule has 112 valence electrons. The molecule has 0 radical (unpaired) electrons. The molecule has 0 aliphatic heterocycles. The summed E-state index contributed by atoms with van der Waals surface area (Å²) < 4.78 is 4.76. The molecule has 0 saturated heterocycles. The topological polar surface area (TPSA) is 118 Å². The first kappa shape index (κ1) is 16.4.